The standard InChI is InChI=1S/C14H19ClN2O3/c1-4-8(2)12(13(18)19)17-14(20)16-11-7-10(15)6-5-9(11)3/h5-8,12H,4H2,1-3H3,(H,18,19)(H2,16,17,20). The molecular formula is C14H19ClN2O3. The fourth-order valence-electron chi connectivity index (χ4n) is 1.71. The van der Waals surface area contributed by atoms with Crippen molar-refractivity contribution in [2.45, 2.75) is 33.2 Å². The minimum Gasteiger partial charge on any atom is -0.480 e. The van der Waals surface area contributed by atoms with Crippen LogP contribution in [0.15, 0.2) is 18.2 Å². The average Bonchev–Trinajstić information content (AvgIpc) is 2.39. The van der Waals surface area contributed by atoms with Gasteiger partial charge in [0.2, 0.25) is 0 Å². The molecule has 0 aliphatic rings. The number of aliphatic carboxylic acids is 1. The molecule has 0 fully saturated rings. The largest absolute Gasteiger partial charge is 0.480 e. The molecule has 2 amide bonds. The van der Waals surface area contributed by atoms with E-state index in [4.69, 9.17) is 16.7 Å². The number of aryl methyl sites for hydroxylation is 1. The molecule has 0 aliphatic heterocycles. The van der Waals surface area contributed by atoms with Crippen molar-refractivity contribution in [1.29, 1.82) is 0 Å². The first kappa shape index (κ1) is 16.3. The number of nitrogens with one attached hydrogen (secondary N) is 2. The average molecular weight is 299 g/mol. The van der Waals surface area contributed by atoms with E-state index in [0.29, 0.717) is 17.1 Å². The second kappa shape index (κ2) is 7.14. The van der Waals surface area contributed by atoms with E-state index in [1.54, 1.807) is 25.1 Å². The third-order valence-electron chi connectivity index (χ3n) is 3.21. The van der Waals surface area contributed by atoms with Crippen LogP contribution in [0.2, 0.25) is 5.02 Å². The van der Waals surface area contributed by atoms with Crippen LogP contribution in [0.25, 0.3) is 0 Å². The number of anilines is 1. The molecule has 3 N–H and O–H groups in total. The van der Waals surface area contributed by atoms with Gasteiger partial charge in [0.05, 0.1) is 0 Å². The lowest BCUT2D eigenvalue weighted by molar-refractivity contribution is -0.140. The van der Waals surface area contributed by atoms with Crippen molar-refractivity contribution in [2.24, 2.45) is 5.92 Å². The first-order chi connectivity index (χ1) is 9.35. The second-order valence-electron chi connectivity index (χ2n) is 4.76. The van der Waals surface area contributed by atoms with Crippen molar-refractivity contribution in [1.82, 2.24) is 5.32 Å². The monoisotopic (exact) mass is 298 g/mol. The van der Waals surface area contributed by atoms with Crippen LogP contribution in [0.3, 0.4) is 0 Å². The van der Waals surface area contributed by atoms with Crippen molar-refractivity contribution in [3.63, 3.8) is 0 Å². The smallest absolute Gasteiger partial charge is 0.326 e. The lowest BCUT2D eigenvalue weighted by Crippen LogP contribution is -2.46. The highest BCUT2D eigenvalue weighted by atomic mass is 35.5. The fraction of sp³-hybridized carbons (Fsp3) is 0.429. The number of hydrogen-bond acceptors (Lipinski definition) is 2. The lowest BCUT2D eigenvalue weighted by atomic mass is 9.99. The Morgan fingerprint density at radius 3 is 2.60 bits per heavy atom. The van der Waals surface area contributed by atoms with Crippen molar-refractivity contribution in [3.8, 4) is 0 Å². The van der Waals surface area contributed by atoms with Gasteiger partial charge >= 0.3 is 12.0 Å². The number of rotatable bonds is 5. The number of halogens is 1. The molecule has 2 unspecified atom stereocenters. The van der Waals surface area contributed by atoms with Crippen molar-refractivity contribution in [2.75, 3.05) is 5.32 Å². The van der Waals surface area contributed by atoms with Gasteiger partial charge in [0.25, 0.3) is 0 Å². The molecular weight excluding hydrogens is 280 g/mol. The summed E-state index contributed by atoms with van der Waals surface area (Å²) in [5.74, 6) is -1.20. The van der Waals surface area contributed by atoms with E-state index in [2.05, 4.69) is 10.6 Å². The molecule has 20 heavy (non-hydrogen) atoms. The second-order valence-corrected chi connectivity index (χ2v) is 5.20. The summed E-state index contributed by atoms with van der Waals surface area (Å²) in [6.07, 6.45) is 0.660. The Labute approximate surface area is 123 Å². The molecule has 5 nitrogen and oxygen atoms in total. The van der Waals surface area contributed by atoms with E-state index in [1.807, 2.05) is 13.8 Å². The maximum absolute atomic E-state index is 11.9. The van der Waals surface area contributed by atoms with E-state index in [9.17, 15) is 9.59 Å². The van der Waals surface area contributed by atoms with Crippen LogP contribution in [0.1, 0.15) is 25.8 Å². The van der Waals surface area contributed by atoms with Gasteiger partial charge in [0.15, 0.2) is 0 Å². The quantitative estimate of drug-likeness (QED) is 0.780. The van der Waals surface area contributed by atoms with Gasteiger partial charge in [-0.3, -0.25) is 0 Å². The highest BCUT2D eigenvalue weighted by molar-refractivity contribution is 6.31. The number of hydrogen-bond donors (Lipinski definition) is 3. The molecule has 1 rings (SSSR count). The van der Waals surface area contributed by atoms with Crippen LogP contribution < -0.4 is 10.6 Å². The summed E-state index contributed by atoms with van der Waals surface area (Å²) in [6, 6.07) is 3.65. The summed E-state index contributed by atoms with van der Waals surface area (Å²) < 4.78 is 0. The predicted octanol–water partition coefficient (Wildman–Crippen LogP) is 3.27. The molecule has 0 aliphatic carbocycles. The van der Waals surface area contributed by atoms with Crippen molar-refractivity contribution >= 4 is 29.3 Å². The Hall–Kier alpha value is -1.75. The van der Waals surface area contributed by atoms with Crippen molar-refractivity contribution < 1.29 is 14.7 Å². The van der Waals surface area contributed by atoms with Crippen LogP contribution >= 0.6 is 11.6 Å². The van der Waals surface area contributed by atoms with Gasteiger partial charge in [-0.05, 0) is 30.5 Å². The van der Waals surface area contributed by atoms with E-state index < -0.39 is 18.0 Å². The number of amides is 2. The van der Waals surface area contributed by atoms with Gasteiger partial charge in [0, 0.05) is 10.7 Å². The van der Waals surface area contributed by atoms with Gasteiger partial charge in [-0.2, -0.15) is 0 Å². The molecule has 110 valence electrons. The SMILES string of the molecule is CCC(C)C(NC(=O)Nc1cc(Cl)ccc1C)C(=O)O. The topological polar surface area (TPSA) is 78.4 Å². The predicted molar refractivity (Wildman–Crippen MR) is 79.2 cm³/mol. The van der Waals surface area contributed by atoms with E-state index in [0.717, 1.165) is 5.56 Å². The fourth-order valence-corrected chi connectivity index (χ4v) is 1.88. The van der Waals surface area contributed by atoms with Crippen LogP contribution in [0.5, 0.6) is 0 Å². The number of carboxylic acids is 1. The Morgan fingerprint density at radius 1 is 1.40 bits per heavy atom. The molecule has 0 saturated heterocycles. The van der Waals surface area contributed by atoms with Crippen LogP contribution in [0, 0.1) is 12.8 Å². The molecule has 0 radical (unpaired) electrons. The highest BCUT2D eigenvalue weighted by Gasteiger charge is 2.25. The molecule has 0 bridgehead atoms. The number of carbonyl (C=O) groups excluding carboxylic acids is 1. The molecule has 0 aromatic heterocycles. The van der Waals surface area contributed by atoms with E-state index in [-0.39, 0.29) is 5.92 Å². The van der Waals surface area contributed by atoms with Gasteiger partial charge in [-0.25, -0.2) is 9.59 Å². The van der Waals surface area contributed by atoms with Crippen LogP contribution in [-0.4, -0.2) is 23.1 Å². The Balaban J connectivity index is 2.75. The third-order valence-corrected chi connectivity index (χ3v) is 3.45. The molecule has 0 saturated carbocycles. The summed E-state index contributed by atoms with van der Waals surface area (Å²) in [5, 5.41) is 14.7. The van der Waals surface area contributed by atoms with E-state index >= 15 is 0 Å². The number of benzene rings is 1. The molecule has 2 atom stereocenters. The molecule has 6 heteroatoms. The molecule has 1 aromatic rings. The summed E-state index contributed by atoms with van der Waals surface area (Å²) >= 11 is 5.86. The molecule has 0 spiro atoms. The maximum Gasteiger partial charge on any atom is 0.326 e. The Kier molecular flexibility index (Phi) is 5.82. The first-order valence-electron chi connectivity index (χ1n) is 6.41. The summed E-state index contributed by atoms with van der Waals surface area (Å²) in [7, 11) is 0. The summed E-state index contributed by atoms with van der Waals surface area (Å²) in [4.78, 5) is 23.0. The lowest BCUT2D eigenvalue weighted by Gasteiger charge is -2.20. The van der Waals surface area contributed by atoms with Crippen molar-refractivity contribution in [3.05, 3.63) is 28.8 Å². The number of urea groups is 1. The van der Waals surface area contributed by atoms with Gasteiger partial charge < -0.3 is 15.7 Å². The number of carbonyl (C=O) groups is 2. The summed E-state index contributed by atoms with van der Waals surface area (Å²) in [6.45, 7) is 5.49. The number of carboxylic acid groups (broad SMARTS) is 1. The van der Waals surface area contributed by atoms with E-state index in [1.165, 1.54) is 0 Å². The first-order valence-corrected chi connectivity index (χ1v) is 6.79. The van der Waals surface area contributed by atoms with Gasteiger partial charge in [-0.1, -0.05) is 37.9 Å². The minimum atomic E-state index is -1.04. The summed E-state index contributed by atoms with van der Waals surface area (Å²) in [5.41, 5.74) is 1.41. The zero-order chi connectivity index (χ0) is 15.3. The van der Waals surface area contributed by atoms with Crippen LogP contribution in [-0.2, 0) is 4.79 Å². The van der Waals surface area contributed by atoms with Gasteiger partial charge in [-0.15, -0.1) is 0 Å². The highest BCUT2D eigenvalue weighted by Crippen LogP contribution is 2.20. The zero-order valence-electron chi connectivity index (χ0n) is 11.7. The molecule has 1 aromatic carbocycles. The third kappa shape index (κ3) is 4.42. The minimum absolute atomic E-state index is 0.154. The Bertz CT molecular complexity index is 505. The maximum atomic E-state index is 11.9. The Morgan fingerprint density at radius 2 is 2.05 bits per heavy atom. The van der Waals surface area contributed by atoms with Crippen LogP contribution in [0.4, 0.5) is 10.5 Å². The zero-order valence-corrected chi connectivity index (χ0v) is 12.5. The molecule has 0 heterocycles. The van der Waals surface area contributed by atoms with Gasteiger partial charge in [0.1, 0.15) is 6.04 Å². The normalized spacial score (nSPS) is 13.4.